The van der Waals surface area contributed by atoms with Gasteiger partial charge in [0.25, 0.3) is 0 Å². The summed E-state index contributed by atoms with van der Waals surface area (Å²) in [5.41, 5.74) is 2.83. The van der Waals surface area contributed by atoms with E-state index in [1.807, 2.05) is 0 Å². The predicted octanol–water partition coefficient (Wildman–Crippen LogP) is 3.73. The van der Waals surface area contributed by atoms with Gasteiger partial charge in [-0.05, 0) is 47.1 Å². The Labute approximate surface area is 106 Å². The molecule has 0 saturated carbocycles. The molecule has 3 rings (SSSR count). The van der Waals surface area contributed by atoms with E-state index in [2.05, 4.69) is 36.4 Å². The maximum atomic E-state index is 10.6. The van der Waals surface area contributed by atoms with Crippen molar-refractivity contribution in [3.8, 4) is 0 Å². The fraction of sp³-hybridized carbons (Fsp3) is 0.312. The summed E-state index contributed by atoms with van der Waals surface area (Å²) in [6.07, 6.45) is 3.09. The Kier molecular flexibility index (Phi) is 2.78. The number of carbonyl (C=O) groups is 1. The molecule has 2 heteroatoms. The van der Waals surface area contributed by atoms with Crippen LogP contribution in [0.3, 0.4) is 0 Å². The first-order valence-electron chi connectivity index (χ1n) is 6.48. The molecule has 2 nitrogen and oxygen atoms in total. The predicted molar refractivity (Wildman–Crippen MR) is 71.9 cm³/mol. The third kappa shape index (κ3) is 1.88. The van der Waals surface area contributed by atoms with E-state index >= 15 is 0 Å². The average Bonchev–Trinajstić information content (AvgIpc) is 2.70. The molecule has 0 heterocycles. The zero-order valence-electron chi connectivity index (χ0n) is 10.2. The molecule has 0 fully saturated rings. The Morgan fingerprint density at radius 3 is 2.78 bits per heavy atom. The molecule has 0 saturated heterocycles. The molecule has 0 radical (unpaired) electrons. The van der Waals surface area contributed by atoms with Gasteiger partial charge in [0.05, 0.1) is 0 Å². The molecular formula is C16H16O2. The van der Waals surface area contributed by atoms with Crippen molar-refractivity contribution in [1.82, 2.24) is 0 Å². The smallest absolute Gasteiger partial charge is 0.303 e. The van der Waals surface area contributed by atoms with Gasteiger partial charge in [-0.3, -0.25) is 4.79 Å². The van der Waals surface area contributed by atoms with Crippen LogP contribution >= 0.6 is 0 Å². The summed E-state index contributed by atoms with van der Waals surface area (Å²) in [6, 6.07) is 12.9. The van der Waals surface area contributed by atoms with E-state index in [-0.39, 0.29) is 6.42 Å². The van der Waals surface area contributed by atoms with E-state index in [0.29, 0.717) is 5.92 Å². The molecule has 2 aromatic carbocycles. The largest absolute Gasteiger partial charge is 0.481 e. The van der Waals surface area contributed by atoms with Crippen molar-refractivity contribution in [2.75, 3.05) is 0 Å². The molecule has 0 amide bonds. The van der Waals surface area contributed by atoms with Crippen molar-refractivity contribution < 1.29 is 9.90 Å². The maximum Gasteiger partial charge on any atom is 0.303 e. The normalized spacial score (nSPS) is 17.2. The highest BCUT2D eigenvalue weighted by molar-refractivity contribution is 5.91. The van der Waals surface area contributed by atoms with Crippen LogP contribution in [0.15, 0.2) is 36.4 Å². The number of hydrogen-bond acceptors (Lipinski definition) is 1. The molecule has 2 aromatic rings. The molecule has 18 heavy (non-hydrogen) atoms. The summed E-state index contributed by atoms with van der Waals surface area (Å²) in [6.45, 7) is 0. The lowest BCUT2D eigenvalue weighted by Gasteiger charge is -2.10. The summed E-state index contributed by atoms with van der Waals surface area (Å²) < 4.78 is 0. The molecule has 1 unspecified atom stereocenters. The summed E-state index contributed by atoms with van der Waals surface area (Å²) in [5.74, 6) is -0.186. The fourth-order valence-electron chi connectivity index (χ4n) is 3.09. The van der Waals surface area contributed by atoms with Gasteiger partial charge in [-0.1, -0.05) is 36.4 Å². The van der Waals surface area contributed by atoms with Crippen molar-refractivity contribution >= 4 is 16.7 Å². The number of carboxylic acid groups (broad SMARTS) is 1. The minimum Gasteiger partial charge on any atom is -0.481 e. The van der Waals surface area contributed by atoms with Gasteiger partial charge >= 0.3 is 5.97 Å². The number of rotatable bonds is 4. The number of benzene rings is 2. The van der Waals surface area contributed by atoms with Crippen LogP contribution in [0.4, 0.5) is 0 Å². The minimum absolute atomic E-state index is 0.281. The van der Waals surface area contributed by atoms with Gasteiger partial charge in [0.2, 0.25) is 0 Å². The summed E-state index contributed by atoms with van der Waals surface area (Å²) in [4.78, 5) is 10.6. The second-order valence-corrected chi connectivity index (χ2v) is 5.05. The van der Waals surface area contributed by atoms with Crippen LogP contribution in [-0.4, -0.2) is 11.1 Å². The number of aliphatic carboxylic acids is 1. The first-order chi connectivity index (χ1) is 8.75. The van der Waals surface area contributed by atoms with Gasteiger partial charge in [-0.2, -0.15) is 0 Å². The monoisotopic (exact) mass is 240 g/mol. The van der Waals surface area contributed by atoms with Crippen LogP contribution < -0.4 is 0 Å². The topological polar surface area (TPSA) is 37.3 Å². The van der Waals surface area contributed by atoms with Crippen LogP contribution in [0.2, 0.25) is 0 Å². The second-order valence-electron chi connectivity index (χ2n) is 5.05. The molecule has 0 spiro atoms. The third-order valence-corrected chi connectivity index (χ3v) is 3.87. The Morgan fingerprint density at radius 1 is 1.22 bits per heavy atom. The number of carboxylic acids is 1. The van der Waals surface area contributed by atoms with Gasteiger partial charge in [-0.15, -0.1) is 0 Å². The van der Waals surface area contributed by atoms with Gasteiger partial charge in [0.15, 0.2) is 0 Å². The quantitative estimate of drug-likeness (QED) is 0.884. The molecular weight excluding hydrogens is 224 g/mol. The van der Waals surface area contributed by atoms with Crippen LogP contribution in [-0.2, 0) is 11.2 Å². The minimum atomic E-state index is -0.691. The van der Waals surface area contributed by atoms with Gasteiger partial charge in [0.1, 0.15) is 0 Å². The highest BCUT2D eigenvalue weighted by atomic mass is 16.4. The standard InChI is InChI=1S/C16H16O2/c17-15(18)9-3-6-12-10-13-7-1-4-11-5-2-8-14(12)16(11)13/h1-2,4-5,7-8,12H,3,6,9-10H2,(H,17,18). The highest BCUT2D eigenvalue weighted by Crippen LogP contribution is 2.40. The van der Waals surface area contributed by atoms with E-state index in [0.717, 1.165) is 19.3 Å². The van der Waals surface area contributed by atoms with Gasteiger partial charge < -0.3 is 5.11 Å². The van der Waals surface area contributed by atoms with Crippen LogP contribution in [0.25, 0.3) is 10.8 Å². The van der Waals surface area contributed by atoms with E-state index in [1.165, 1.54) is 21.9 Å². The van der Waals surface area contributed by atoms with E-state index in [4.69, 9.17) is 5.11 Å². The van der Waals surface area contributed by atoms with Gasteiger partial charge in [-0.25, -0.2) is 0 Å². The average molecular weight is 240 g/mol. The SMILES string of the molecule is O=C(O)CCCC1Cc2cccc3cccc1c23. The first kappa shape index (κ1) is 11.3. The summed E-state index contributed by atoms with van der Waals surface area (Å²) in [7, 11) is 0. The molecule has 92 valence electrons. The Bertz CT molecular complexity index is 596. The highest BCUT2D eigenvalue weighted by Gasteiger charge is 2.23. The van der Waals surface area contributed by atoms with Crippen molar-refractivity contribution in [2.24, 2.45) is 0 Å². The maximum absolute atomic E-state index is 10.6. The second kappa shape index (κ2) is 4.45. The fourth-order valence-corrected chi connectivity index (χ4v) is 3.09. The molecule has 1 atom stereocenters. The molecule has 0 aromatic heterocycles. The molecule has 1 aliphatic rings. The Morgan fingerprint density at radius 2 is 2.00 bits per heavy atom. The van der Waals surface area contributed by atoms with E-state index in [1.54, 1.807) is 0 Å². The number of hydrogen-bond donors (Lipinski definition) is 1. The zero-order chi connectivity index (χ0) is 12.5. The van der Waals surface area contributed by atoms with Crippen LogP contribution in [0.1, 0.15) is 36.3 Å². The van der Waals surface area contributed by atoms with Crippen molar-refractivity contribution in [2.45, 2.75) is 31.6 Å². The summed E-state index contributed by atoms with van der Waals surface area (Å²) >= 11 is 0. The molecule has 1 aliphatic carbocycles. The molecule has 0 aliphatic heterocycles. The van der Waals surface area contributed by atoms with Crippen molar-refractivity contribution in [3.63, 3.8) is 0 Å². The van der Waals surface area contributed by atoms with E-state index in [9.17, 15) is 4.79 Å². The van der Waals surface area contributed by atoms with Crippen LogP contribution in [0.5, 0.6) is 0 Å². The van der Waals surface area contributed by atoms with Crippen molar-refractivity contribution in [1.29, 1.82) is 0 Å². The Balaban J connectivity index is 1.87. The third-order valence-electron chi connectivity index (χ3n) is 3.87. The van der Waals surface area contributed by atoms with Crippen molar-refractivity contribution in [3.05, 3.63) is 47.5 Å². The lowest BCUT2D eigenvalue weighted by atomic mass is 9.94. The lowest BCUT2D eigenvalue weighted by molar-refractivity contribution is -0.137. The lowest BCUT2D eigenvalue weighted by Crippen LogP contribution is -2.00. The van der Waals surface area contributed by atoms with Crippen LogP contribution in [0, 0.1) is 0 Å². The van der Waals surface area contributed by atoms with Gasteiger partial charge in [0, 0.05) is 6.42 Å². The zero-order valence-corrected chi connectivity index (χ0v) is 10.2. The van der Waals surface area contributed by atoms with E-state index < -0.39 is 5.97 Å². The molecule has 1 N–H and O–H groups in total. The molecule has 0 bridgehead atoms. The Hall–Kier alpha value is -1.83. The summed E-state index contributed by atoms with van der Waals surface area (Å²) in [5, 5.41) is 11.4. The first-order valence-corrected chi connectivity index (χ1v) is 6.48.